The average molecular weight is 390 g/mol. The van der Waals surface area contributed by atoms with Crippen molar-refractivity contribution >= 4 is 0 Å². The molecule has 0 aliphatic carbocycles. The Balaban J connectivity index is 1.60. The highest BCUT2D eigenvalue weighted by molar-refractivity contribution is 5.46. The van der Waals surface area contributed by atoms with Crippen LogP contribution in [-0.2, 0) is 19.6 Å². The van der Waals surface area contributed by atoms with E-state index in [1.54, 1.807) is 7.11 Å². The normalized spacial score (nSPS) is 11.8. The van der Waals surface area contributed by atoms with Gasteiger partial charge in [-0.15, -0.1) is 0 Å². The molecule has 1 N–H and O–H groups in total. The third-order valence-electron chi connectivity index (χ3n) is 5.10. The van der Waals surface area contributed by atoms with E-state index in [0.717, 1.165) is 42.0 Å². The molecule has 0 saturated carbocycles. The van der Waals surface area contributed by atoms with Gasteiger partial charge in [-0.2, -0.15) is 0 Å². The van der Waals surface area contributed by atoms with E-state index in [1.807, 2.05) is 12.1 Å². The van der Waals surface area contributed by atoms with Crippen LogP contribution in [0.2, 0.25) is 0 Å². The van der Waals surface area contributed by atoms with Gasteiger partial charge in [0.15, 0.2) is 11.5 Å². The number of nitrogens with one attached hydrogen (secondary N) is 1. The summed E-state index contributed by atoms with van der Waals surface area (Å²) < 4.78 is 11.8. The second-order valence-corrected chi connectivity index (χ2v) is 7.53. The molecule has 1 atom stereocenters. The Morgan fingerprint density at radius 1 is 0.897 bits per heavy atom. The number of rotatable bonds is 10. The molecule has 0 saturated heterocycles. The van der Waals surface area contributed by atoms with Crippen LogP contribution in [0, 0.1) is 6.92 Å². The first-order valence-corrected chi connectivity index (χ1v) is 10.3. The Morgan fingerprint density at radius 3 is 2.41 bits per heavy atom. The van der Waals surface area contributed by atoms with Crippen LogP contribution in [-0.4, -0.2) is 13.2 Å². The molecule has 3 heteroatoms. The van der Waals surface area contributed by atoms with E-state index in [-0.39, 0.29) is 0 Å². The molecule has 3 nitrogen and oxygen atoms in total. The molecule has 0 amide bonds. The van der Waals surface area contributed by atoms with Crippen LogP contribution in [0.1, 0.15) is 35.6 Å². The summed E-state index contributed by atoms with van der Waals surface area (Å²) in [5.41, 5.74) is 4.89. The van der Waals surface area contributed by atoms with Gasteiger partial charge >= 0.3 is 0 Å². The Labute approximate surface area is 174 Å². The fraction of sp³-hybridized carbons (Fsp3) is 0.308. The lowest BCUT2D eigenvalue weighted by atomic mass is 10.1. The zero-order valence-corrected chi connectivity index (χ0v) is 17.7. The summed E-state index contributed by atoms with van der Waals surface area (Å²) in [6.07, 6.45) is 2.16. The number of para-hydroxylation sites is 1. The van der Waals surface area contributed by atoms with Gasteiger partial charge in [0, 0.05) is 18.2 Å². The van der Waals surface area contributed by atoms with Crippen molar-refractivity contribution in [3.05, 3.63) is 95.1 Å². The third kappa shape index (κ3) is 6.37. The van der Waals surface area contributed by atoms with Gasteiger partial charge in [0.25, 0.3) is 0 Å². The Bertz CT molecular complexity index is 892. The van der Waals surface area contributed by atoms with E-state index in [1.165, 1.54) is 11.1 Å². The van der Waals surface area contributed by atoms with Crippen molar-refractivity contribution in [3.8, 4) is 11.5 Å². The molecule has 3 aromatic rings. The molecule has 0 spiro atoms. The van der Waals surface area contributed by atoms with Gasteiger partial charge in [-0.3, -0.25) is 0 Å². The van der Waals surface area contributed by atoms with Crippen molar-refractivity contribution in [2.45, 2.75) is 45.9 Å². The van der Waals surface area contributed by atoms with Crippen LogP contribution in [0.15, 0.2) is 72.8 Å². The predicted octanol–water partition coefficient (Wildman–Crippen LogP) is 5.69. The second-order valence-electron chi connectivity index (χ2n) is 7.53. The maximum Gasteiger partial charge on any atom is 0.166 e. The van der Waals surface area contributed by atoms with Crippen molar-refractivity contribution < 1.29 is 9.47 Å². The summed E-state index contributed by atoms with van der Waals surface area (Å²) in [6.45, 7) is 5.60. The zero-order valence-electron chi connectivity index (χ0n) is 17.7. The zero-order chi connectivity index (χ0) is 20.5. The first-order chi connectivity index (χ1) is 14.2. The number of ether oxygens (including phenoxy) is 2. The largest absolute Gasteiger partial charge is 0.493 e. The molecule has 29 heavy (non-hydrogen) atoms. The Hall–Kier alpha value is -2.78. The molecule has 0 fully saturated rings. The van der Waals surface area contributed by atoms with Crippen LogP contribution in [0.4, 0.5) is 0 Å². The minimum absolute atomic E-state index is 0.408. The SMILES string of the molecule is COc1cccc(CN[C@@H](C)CCc2ccccc2)c1OCc1cccc(C)c1. The summed E-state index contributed by atoms with van der Waals surface area (Å²) in [5.74, 6) is 1.59. The number of hydrogen-bond donors (Lipinski definition) is 1. The molecule has 0 radical (unpaired) electrons. The van der Waals surface area contributed by atoms with Gasteiger partial charge in [0.2, 0.25) is 0 Å². The highest BCUT2D eigenvalue weighted by Crippen LogP contribution is 2.32. The van der Waals surface area contributed by atoms with Crippen molar-refractivity contribution in [3.63, 3.8) is 0 Å². The van der Waals surface area contributed by atoms with Gasteiger partial charge in [-0.25, -0.2) is 0 Å². The van der Waals surface area contributed by atoms with Crippen molar-refractivity contribution in [2.75, 3.05) is 7.11 Å². The van der Waals surface area contributed by atoms with Crippen molar-refractivity contribution in [2.24, 2.45) is 0 Å². The summed E-state index contributed by atoms with van der Waals surface area (Å²) in [5, 5.41) is 3.63. The lowest BCUT2D eigenvalue weighted by Crippen LogP contribution is -2.26. The molecular formula is C26H31NO2. The van der Waals surface area contributed by atoms with Gasteiger partial charge < -0.3 is 14.8 Å². The summed E-state index contributed by atoms with van der Waals surface area (Å²) in [6, 6.07) is 25.5. The highest BCUT2D eigenvalue weighted by Gasteiger charge is 2.12. The number of aryl methyl sites for hydroxylation is 2. The number of hydrogen-bond acceptors (Lipinski definition) is 3. The lowest BCUT2D eigenvalue weighted by molar-refractivity contribution is 0.280. The number of benzene rings is 3. The molecule has 152 valence electrons. The quantitative estimate of drug-likeness (QED) is 0.483. The molecule has 3 aromatic carbocycles. The minimum atomic E-state index is 0.408. The van der Waals surface area contributed by atoms with Crippen LogP contribution in [0.25, 0.3) is 0 Å². The van der Waals surface area contributed by atoms with E-state index in [2.05, 4.69) is 79.8 Å². The molecular weight excluding hydrogens is 358 g/mol. The minimum Gasteiger partial charge on any atom is -0.493 e. The smallest absolute Gasteiger partial charge is 0.166 e. The molecule has 0 aliphatic rings. The monoisotopic (exact) mass is 389 g/mol. The predicted molar refractivity (Wildman–Crippen MR) is 120 cm³/mol. The van der Waals surface area contributed by atoms with Gasteiger partial charge in [-0.05, 0) is 43.9 Å². The topological polar surface area (TPSA) is 30.5 Å². The van der Waals surface area contributed by atoms with E-state index in [0.29, 0.717) is 12.6 Å². The van der Waals surface area contributed by atoms with E-state index in [4.69, 9.17) is 9.47 Å². The van der Waals surface area contributed by atoms with Crippen LogP contribution in [0.3, 0.4) is 0 Å². The molecule has 0 aromatic heterocycles. The molecule has 0 unspecified atom stereocenters. The maximum absolute atomic E-state index is 6.20. The average Bonchev–Trinajstić information content (AvgIpc) is 2.75. The Morgan fingerprint density at radius 2 is 1.66 bits per heavy atom. The molecule has 0 bridgehead atoms. The first kappa shape index (κ1) is 20.9. The Kier molecular flexibility index (Phi) is 7.71. The van der Waals surface area contributed by atoms with Crippen LogP contribution in [0.5, 0.6) is 11.5 Å². The molecule has 0 aliphatic heterocycles. The summed E-state index contributed by atoms with van der Waals surface area (Å²) in [7, 11) is 1.69. The third-order valence-corrected chi connectivity index (χ3v) is 5.10. The second kappa shape index (κ2) is 10.7. The first-order valence-electron chi connectivity index (χ1n) is 10.3. The van der Waals surface area contributed by atoms with Crippen molar-refractivity contribution in [1.82, 2.24) is 5.32 Å². The standard InChI is InChI=1S/C26H31NO2/c1-20-9-7-12-23(17-20)19-29-26-24(13-8-14-25(26)28-3)18-27-21(2)15-16-22-10-5-4-6-11-22/h4-14,17,21,27H,15-16,18-19H2,1-3H3/t21-/m0/s1. The lowest BCUT2D eigenvalue weighted by Gasteiger charge is -2.18. The van der Waals surface area contributed by atoms with E-state index < -0.39 is 0 Å². The molecule has 0 heterocycles. The van der Waals surface area contributed by atoms with Gasteiger partial charge in [-0.1, -0.05) is 72.3 Å². The summed E-state index contributed by atoms with van der Waals surface area (Å²) >= 11 is 0. The van der Waals surface area contributed by atoms with Gasteiger partial charge in [0.1, 0.15) is 6.61 Å². The van der Waals surface area contributed by atoms with E-state index >= 15 is 0 Å². The van der Waals surface area contributed by atoms with Gasteiger partial charge in [0.05, 0.1) is 7.11 Å². The fourth-order valence-corrected chi connectivity index (χ4v) is 3.40. The highest BCUT2D eigenvalue weighted by atomic mass is 16.5. The fourth-order valence-electron chi connectivity index (χ4n) is 3.40. The van der Waals surface area contributed by atoms with Crippen molar-refractivity contribution in [1.29, 1.82) is 0 Å². The van der Waals surface area contributed by atoms with E-state index in [9.17, 15) is 0 Å². The summed E-state index contributed by atoms with van der Waals surface area (Å²) in [4.78, 5) is 0. The van der Waals surface area contributed by atoms with Crippen LogP contribution >= 0.6 is 0 Å². The molecule has 3 rings (SSSR count). The van der Waals surface area contributed by atoms with Crippen LogP contribution < -0.4 is 14.8 Å². The maximum atomic E-state index is 6.20. The number of methoxy groups -OCH3 is 1.